The van der Waals surface area contributed by atoms with Crippen molar-refractivity contribution in [1.82, 2.24) is 0 Å². The zero-order valence-electron chi connectivity index (χ0n) is 14.2. The highest BCUT2D eigenvalue weighted by atomic mass is 32.2. The van der Waals surface area contributed by atoms with Crippen molar-refractivity contribution in [3.63, 3.8) is 0 Å². The zero-order chi connectivity index (χ0) is 18.3. The minimum absolute atomic E-state index is 0.0490. The van der Waals surface area contributed by atoms with Crippen molar-refractivity contribution >= 4 is 21.5 Å². The molecule has 0 aliphatic carbocycles. The molecule has 1 unspecified atom stereocenters. The number of rotatable bonds is 9. The maximum atomic E-state index is 11.9. The van der Waals surface area contributed by atoms with Gasteiger partial charge in [0.25, 0.3) is 0 Å². The third kappa shape index (κ3) is 5.90. The van der Waals surface area contributed by atoms with E-state index >= 15 is 0 Å². The molecule has 1 atom stereocenters. The molecule has 0 spiro atoms. The van der Waals surface area contributed by atoms with Gasteiger partial charge in [-0.2, -0.15) is 0 Å². The Morgan fingerprint density at radius 1 is 1.08 bits per heavy atom. The number of carbonyl (C=O) groups is 1. The van der Waals surface area contributed by atoms with Gasteiger partial charge in [-0.15, -0.1) is 0 Å². The molecule has 0 bridgehead atoms. The summed E-state index contributed by atoms with van der Waals surface area (Å²) < 4.78 is 23.7. The van der Waals surface area contributed by atoms with Crippen LogP contribution >= 0.6 is 0 Å². The van der Waals surface area contributed by atoms with Crippen molar-refractivity contribution in [1.29, 1.82) is 0 Å². The van der Waals surface area contributed by atoms with E-state index in [-0.39, 0.29) is 18.2 Å². The van der Waals surface area contributed by atoms with E-state index in [9.17, 15) is 13.2 Å². The van der Waals surface area contributed by atoms with E-state index in [1.165, 1.54) is 0 Å². The first-order valence-corrected chi connectivity index (χ1v) is 9.91. The molecule has 0 aliphatic heterocycles. The van der Waals surface area contributed by atoms with Crippen LogP contribution in [0, 0.1) is 0 Å². The van der Waals surface area contributed by atoms with Crippen LogP contribution < -0.4 is 5.32 Å². The highest BCUT2D eigenvalue weighted by molar-refractivity contribution is 7.91. The maximum absolute atomic E-state index is 11.9. The molecule has 2 N–H and O–H groups in total. The molecule has 0 saturated heterocycles. The number of carboxylic acid groups (broad SMARTS) is 1. The van der Waals surface area contributed by atoms with Crippen LogP contribution in [0.2, 0.25) is 0 Å². The van der Waals surface area contributed by atoms with Gasteiger partial charge >= 0.3 is 5.97 Å². The number of sulfone groups is 1. The molecule has 6 heteroatoms. The van der Waals surface area contributed by atoms with Crippen LogP contribution in [0.15, 0.2) is 59.5 Å². The molecule has 2 aromatic carbocycles. The van der Waals surface area contributed by atoms with E-state index in [4.69, 9.17) is 5.11 Å². The van der Waals surface area contributed by atoms with Gasteiger partial charge in [0, 0.05) is 18.2 Å². The Balaban J connectivity index is 2.11. The summed E-state index contributed by atoms with van der Waals surface area (Å²) in [5.74, 6) is -0.765. The molecular formula is C19H23NO4S. The molecule has 2 rings (SSSR count). The van der Waals surface area contributed by atoms with Gasteiger partial charge in [0.15, 0.2) is 9.84 Å². The second-order valence-corrected chi connectivity index (χ2v) is 8.17. The van der Waals surface area contributed by atoms with Crippen molar-refractivity contribution in [2.75, 3.05) is 11.1 Å². The van der Waals surface area contributed by atoms with Crippen molar-refractivity contribution in [3.05, 3.63) is 60.2 Å². The van der Waals surface area contributed by atoms with Gasteiger partial charge in [0.05, 0.1) is 10.6 Å². The van der Waals surface area contributed by atoms with Gasteiger partial charge in [0.1, 0.15) is 0 Å². The van der Waals surface area contributed by atoms with Crippen LogP contribution in [0.3, 0.4) is 0 Å². The van der Waals surface area contributed by atoms with Gasteiger partial charge in [-0.05, 0) is 42.7 Å². The van der Waals surface area contributed by atoms with E-state index in [1.54, 1.807) is 31.2 Å². The number of benzene rings is 2. The van der Waals surface area contributed by atoms with Gasteiger partial charge < -0.3 is 10.4 Å². The molecule has 0 amide bonds. The highest BCUT2D eigenvalue weighted by Gasteiger charge is 2.14. The number of aliphatic carboxylic acids is 1. The molecular weight excluding hydrogens is 338 g/mol. The van der Waals surface area contributed by atoms with Crippen molar-refractivity contribution < 1.29 is 18.3 Å². The Bertz CT molecular complexity index is 786. The second-order valence-electron chi connectivity index (χ2n) is 5.89. The Morgan fingerprint density at radius 3 is 2.28 bits per heavy atom. The predicted molar refractivity (Wildman–Crippen MR) is 98.6 cm³/mol. The summed E-state index contributed by atoms with van der Waals surface area (Å²) in [4.78, 5) is 11.2. The fraction of sp³-hybridized carbons (Fsp3) is 0.316. The van der Waals surface area contributed by atoms with Crippen molar-refractivity contribution in [3.8, 4) is 0 Å². The number of hydrogen-bond acceptors (Lipinski definition) is 4. The van der Waals surface area contributed by atoms with Crippen LogP contribution in [0.4, 0.5) is 5.69 Å². The van der Waals surface area contributed by atoms with Gasteiger partial charge in [-0.3, -0.25) is 4.79 Å². The molecule has 0 fully saturated rings. The second kappa shape index (κ2) is 8.67. The summed E-state index contributed by atoms with van der Waals surface area (Å²) in [6.45, 7) is 1.61. The predicted octanol–water partition coefficient (Wildman–Crippen LogP) is 3.37. The van der Waals surface area contributed by atoms with E-state index in [0.717, 1.165) is 11.3 Å². The lowest BCUT2D eigenvalue weighted by Gasteiger charge is -2.20. The molecule has 0 aromatic heterocycles. The number of nitrogens with one attached hydrogen (secondary N) is 1. The van der Waals surface area contributed by atoms with E-state index < -0.39 is 15.8 Å². The first kappa shape index (κ1) is 19.0. The average molecular weight is 361 g/mol. The minimum atomic E-state index is -3.22. The van der Waals surface area contributed by atoms with Crippen LogP contribution in [-0.2, 0) is 21.1 Å². The molecule has 5 nitrogen and oxygen atoms in total. The molecule has 2 aromatic rings. The highest BCUT2D eigenvalue weighted by Crippen LogP contribution is 2.18. The summed E-state index contributed by atoms with van der Waals surface area (Å²) in [5, 5.41) is 12.3. The summed E-state index contributed by atoms with van der Waals surface area (Å²) in [6, 6.07) is 16.4. The molecule has 0 saturated carbocycles. The zero-order valence-corrected chi connectivity index (χ0v) is 15.0. The van der Waals surface area contributed by atoms with E-state index in [0.29, 0.717) is 17.7 Å². The Hall–Kier alpha value is -2.34. The summed E-state index contributed by atoms with van der Waals surface area (Å²) in [7, 11) is -3.22. The third-order valence-corrected chi connectivity index (χ3v) is 5.75. The van der Waals surface area contributed by atoms with Crippen LogP contribution in [-0.4, -0.2) is 31.3 Å². The number of carboxylic acids is 1. The monoisotopic (exact) mass is 361 g/mol. The lowest BCUT2D eigenvalue weighted by Crippen LogP contribution is -2.23. The summed E-state index contributed by atoms with van der Waals surface area (Å²) in [5.41, 5.74) is 1.90. The van der Waals surface area contributed by atoms with Crippen LogP contribution in [0.5, 0.6) is 0 Å². The van der Waals surface area contributed by atoms with Gasteiger partial charge in [-0.1, -0.05) is 37.3 Å². The van der Waals surface area contributed by atoms with Crippen LogP contribution in [0.25, 0.3) is 0 Å². The maximum Gasteiger partial charge on any atom is 0.303 e. The fourth-order valence-electron chi connectivity index (χ4n) is 2.58. The van der Waals surface area contributed by atoms with Gasteiger partial charge in [-0.25, -0.2) is 8.42 Å². The Labute approximate surface area is 148 Å². The number of hydrogen-bond donors (Lipinski definition) is 2. The molecule has 0 aliphatic rings. The van der Waals surface area contributed by atoms with Gasteiger partial charge in [0.2, 0.25) is 0 Å². The topological polar surface area (TPSA) is 83.5 Å². The summed E-state index contributed by atoms with van der Waals surface area (Å²) in [6.07, 6.45) is 1.26. The smallest absolute Gasteiger partial charge is 0.303 e. The normalized spacial score (nSPS) is 12.5. The largest absolute Gasteiger partial charge is 0.481 e. The Kier molecular flexibility index (Phi) is 6.58. The first-order valence-electron chi connectivity index (χ1n) is 8.26. The lowest BCUT2D eigenvalue weighted by molar-refractivity contribution is -0.137. The number of anilines is 1. The van der Waals surface area contributed by atoms with Crippen LogP contribution in [0.1, 0.15) is 25.3 Å². The molecule has 25 heavy (non-hydrogen) atoms. The van der Waals surface area contributed by atoms with E-state index in [1.807, 2.05) is 30.3 Å². The van der Waals surface area contributed by atoms with Crippen molar-refractivity contribution in [2.45, 2.75) is 37.1 Å². The standard InChI is InChI=1S/C19H23NO4S/c1-2-25(23,24)18-11-8-16(9-12-18)20-17(10-13-19(21)22)14-15-6-4-3-5-7-15/h3-9,11-12,17,20H,2,10,13-14H2,1H3,(H,21,22). The lowest BCUT2D eigenvalue weighted by atomic mass is 10.0. The quantitative estimate of drug-likeness (QED) is 0.715. The SMILES string of the molecule is CCS(=O)(=O)c1ccc(NC(CCC(=O)O)Cc2ccccc2)cc1. The first-order chi connectivity index (χ1) is 11.9. The average Bonchev–Trinajstić information content (AvgIpc) is 2.61. The molecule has 0 heterocycles. The van der Waals surface area contributed by atoms with E-state index in [2.05, 4.69) is 5.32 Å². The molecule has 0 radical (unpaired) electrons. The third-order valence-electron chi connectivity index (χ3n) is 4.00. The Morgan fingerprint density at radius 2 is 1.72 bits per heavy atom. The fourth-order valence-corrected chi connectivity index (χ4v) is 3.47. The van der Waals surface area contributed by atoms with Crippen molar-refractivity contribution in [2.24, 2.45) is 0 Å². The minimum Gasteiger partial charge on any atom is -0.481 e. The summed E-state index contributed by atoms with van der Waals surface area (Å²) >= 11 is 0. The molecule has 134 valence electrons.